The summed E-state index contributed by atoms with van der Waals surface area (Å²) in [6.45, 7) is 5.51. The number of urea groups is 1. The summed E-state index contributed by atoms with van der Waals surface area (Å²) in [5.74, 6) is -0.0608. The minimum Gasteiger partial charge on any atom is -0.394 e. The molecule has 0 heterocycles. The van der Waals surface area contributed by atoms with Gasteiger partial charge in [0, 0.05) is 16.2 Å². The van der Waals surface area contributed by atoms with Gasteiger partial charge in [0.05, 0.1) is 6.61 Å². The maximum atomic E-state index is 12.2. The summed E-state index contributed by atoms with van der Waals surface area (Å²) in [6, 6.07) is 5.70. The number of carbonyl (C=O) groups excluding carboxylic acids is 2. The molecule has 7 heteroatoms. The monoisotopic (exact) mass is 385 g/mol. The number of anilines is 1. The van der Waals surface area contributed by atoms with Gasteiger partial charge >= 0.3 is 6.03 Å². The Morgan fingerprint density at radius 2 is 1.74 bits per heavy atom. The van der Waals surface area contributed by atoms with Crippen LogP contribution in [-0.4, -0.2) is 35.7 Å². The Hall–Kier alpha value is -1.60. The third kappa shape index (κ3) is 7.47. The van der Waals surface area contributed by atoms with Crippen LogP contribution in [0.2, 0.25) is 0 Å². The largest absolute Gasteiger partial charge is 0.394 e. The fourth-order valence-corrected chi connectivity index (χ4v) is 2.21. The lowest BCUT2D eigenvalue weighted by atomic mass is 10.0. The number of carbonyl (C=O) groups is 2. The van der Waals surface area contributed by atoms with E-state index in [-0.39, 0.29) is 24.5 Å². The molecule has 2 atom stereocenters. The lowest BCUT2D eigenvalue weighted by molar-refractivity contribution is -0.124. The Bertz CT molecular complexity index is 520. The fraction of sp³-hybridized carbons (Fsp3) is 0.500. The second kappa shape index (κ2) is 9.52. The molecule has 1 rings (SSSR count). The normalized spacial score (nSPS) is 13.3. The van der Waals surface area contributed by atoms with Crippen LogP contribution in [0.15, 0.2) is 28.7 Å². The van der Waals surface area contributed by atoms with E-state index in [0.29, 0.717) is 12.1 Å². The Morgan fingerprint density at radius 1 is 1.13 bits per heavy atom. The molecule has 0 radical (unpaired) electrons. The Balaban J connectivity index is 2.66. The van der Waals surface area contributed by atoms with E-state index in [9.17, 15) is 9.59 Å². The highest BCUT2D eigenvalue weighted by atomic mass is 79.9. The van der Waals surface area contributed by atoms with Crippen molar-refractivity contribution < 1.29 is 14.7 Å². The zero-order valence-electron chi connectivity index (χ0n) is 13.6. The zero-order chi connectivity index (χ0) is 17.4. The summed E-state index contributed by atoms with van der Waals surface area (Å²) in [6.07, 6.45) is 0.512. The minimum absolute atomic E-state index is 0.148. The van der Waals surface area contributed by atoms with Crippen LogP contribution < -0.4 is 16.0 Å². The smallest absolute Gasteiger partial charge is 0.319 e. The van der Waals surface area contributed by atoms with Gasteiger partial charge in [-0.2, -0.15) is 0 Å². The second-order valence-electron chi connectivity index (χ2n) is 5.88. The van der Waals surface area contributed by atoms with Gasteiger partial charge in [-0.1, -0.05) is 29.8 Å². The molecule has 3 amide bonds. The molecule has 0 saturated carbocycles. The van der Waals surface area contributed by atoms with E-state index >= 15 is 0 Å². The van der Waals surface area contributed by atoms with Gasteiger partial charge < -0.3 is 21.1 Å². The van der Waals surface area contributed by atoms with Gasteiger partial charge in [-0.3, -0.25) is 4.79 Å². The Kier molecular flexibility index (Phi) is 8.05. The number of hydrogen-bond donors (Lipinski definition) is 4. The summed E-state index contributed by atoms with van der Waals surface area (Å²) in [5, 5.41) is 17.1. The van der Waals surface area contributed by atoms with Gasteiger partial charge in [0.2, 0.25) is 5.91 Å². The van der Waals surface area contributed by atoms with Gasteiger partial charge in [0.25, 0.3) is 0 Å². The van der Waals surface area contributed by atoms with E-state index in [1.54, 1.807) is 19.1 Å². The topological polar surface area (TPSA) is 90.5 Å². The van der Waals surface area contributed by atoms with E-state index in [1.807, 2.05) is 26.0 Å². The number of aliphatic hydroxyl groups excluding tert-OH is 1. The van der Waals surface area contributed by atoms with Gasteiger partial charge in [0.15, 0.2) is 0 Å². The van der Waals surface area contributed by atoms with Crippen molar-refractivity contribution >= 4 is 33.6 Å². The van der Waals surface area contributed by atoms with Crippen molar-refractivity contribution in [2.45, 2.75) is 39.3 Å². The number of halogens is 1. The van der Waals surface area contributed by atoms with Gasteiger partial charge in [0.1, 0.15) is 6.04 Å². The first-order chi connectivity index (χ1) is 10.8. The summed E-state index contributed by atoms with van der Waals surface area (Å²) in [7, 11) is 0. The van der Waals surface area contributed by atoms with Gasteiger partial charge in [-0.05, 0) is 43.5 Å². The molecule has 0 aliphatic heterocycles. The number of aliphatic hydroxyl groups is 1. The molecule has 4 N–H and O–H groups in total. The van der Waals surface area contributed by atoms with Gasteiger partial charge in [-0.25, -0.2) is 4.79 Å². The molecule has 0 fully saturated rings. The number of amides is 3. The predicted molar refractivity (Wildman–Crippen MR) is 94.2 cm³/mol. The maximum absolute atomic E-state index is 12.2. The third-order valence-electron chi connectivity index (χ3n) is 3.09. The number of benzene rings is 1. The van der Waals surface area contributed by atoms with Gasteiger partial charge in [-0.15, -0.1) is 0 Å². The minimum atomic E-state index is -0.653. The fourth-order valence-electron chi connectivity index (χ4n) is 1.95. The Labute approximate surface area is 145 Å². The first-order valence-corrected chi connectivity index (χ1v) is 8.35. The van der Waals surface area contributed by atoms with Crippen molar-refractivity contribution in [2.75, 3.05) is 11.9 Å². The third-order valence-corrected chi connectivity index (χ3v) is 3.62. The van der Waals surface area contributed by atoms with E-state index in [1.165, 1.54) is 0 Å². The van der Waals surface area contributed by atoms with E-state index in [4.69, 9.17) is 5.11 Å². The highest BCUT2D eigenvalue weighted by Crippen LogP contribution is 2.14. The highest BCUT2D eigenvalue weighted by Gasteiger charge is 2.23. The van der Waals surface area contributed by atoms with Crippen LogP contribution in [0.3, 0.4) is 0 Å². The van der Waals surface area contributed by atoms with E-state index < -0.39 is 12.1 Å². The average molecular weight is 386 g/mol. The first-order valence-electron chi connectivity index (χ1n) is 7.56. The molecule has 0 aliphatic rings. The van der Waals surface area contributed by atoms with Crippen molar-refractivity contribution in [3.05, 3.63) is 28.7 Å². The molecule has 0 saturated heterocycles. The second-order valence-corrected chi connectivity index (χ2v) is 6.80. The quantitative estimate of drug-likeness (QED) is 0.580. The molecule has 0 aromatic heterocycles. The molecule has 0 spiro atoms. The van der Waals surface area contributed by atoms with E-state index in [2.05, 4.69) is 31.9 Å². The lowest BCUT2D eigenvalue weighted by Crippen LogP contribution is -2.51. The number of nitrogens with one attached hydrogen (secondary N) is 3. The molecule has 1 unspecified atom stereocenters. The van der Waals surface area contributed by atoms with Crippen LogP contribution in [-0.2, 0) is 4.79 Å². The maximum Gasteiger partial charge on any atom is 0.319 e. The molecule has 0 bridgehead atoms. The molecule has 1 aromatic rings. The molecule has 128 valence electrons. The van der Waals surface area contributed by atoms with Crippen molar-refractivity contribution in [3.63, 3.8) is 0 Å². The SMILES string of the molecule is CC(C)C[C@@H](NC(=O)Nc1ccc(Br)cc1)C(=O)NC(C)CO. The average Bonchev–Trinajstić information content (AvgIpc) is 2.48. The van der Waals surface area contributed by atoms with Crippen LogP contribution in [0, 0.1) is 5.92 Å². The number of hydrogen-bond acceptors (Lipinski definition) is 3. The highest BCUT2D eigenvalue weighted by molar-refractivity contribution is 9.10. The van der Waals surface area contributed by atoms with Crippen molar-refractivity contribution in [2.24, 2.45) is 5.92 Å². The van der Waals surface area contributed by atoms with Crippen LogP contribution in [0.1, 0.15) is 27.2 Å². The molecular formula is C16H24BrN3O3. The van der Waals surface area contributed by atoms with Crippen LogP contribution in [0.25, 0.3) is 0 Å². The van der Waals surface area contributed by atoms with Crippen molar-refractivity contribution in [1.82, 2.24) is 10.6 Å². The molecule has 6 nitrogen and oxygen atoms in total. The van der Waals surface area contributed by atoms with E-state index in [0.717, 1.165) is 4.47 Å². The molecule has 1 aromatic carbocycles. The summed E-state index contributed by atoms with van der Waals surface area (Å²) < 4.78 is 0.915. The van der Waals surface area contributed by atoms with Crippen LogP contribution in [0.5, 0.6) is 0 Å². The first kappa shape index (κ1) is 19.4. The predicted octanol–water partition coefficient (Wildman–Crippen LogP) is 2.48. The molecule has 23 heavy (non-hydrogen) atoms. The number of rotatable bonds is 7. The van der Waals surface area contributed by atoms with Crippen molar-refractivity contribution in [1.29, 1.82) is 0 Å². The van der Waals surface area contributed by atoms with Crippen LogP contribution in [0.4, 0.5) is 10.5 Å². The zero-order valence-corrected chi connectivity index (χ0v) is 15.2. The summed E-state index contributed by atoms with van der Waals surface area (Å²) in [5.41, 5.74) is 0.637. The molecular weight excluding hydrogens is 362 g/mol. The van der Waals surface area contributed by atoms with Crippen molar-refractivity contribution in [3.8, 4) is 0 Å². The summed E-state index contributed by atoms with van der Waals surface area (Å²) >= 11 is 3.33. The standard InChI is InChI=1S/C16H24BrN3O3/c1-10(2)8-14(15(22)18-11(3)9-21)20-16(23)19-13-6-4-12(17)5-7-13/h4-7,10-11,14,21H,8-9H2,1-3H3,(H,18,22)(H2,19,20,23)/t11?,14-/m1/s1. The van der Waals surface area contributed by atoms with Crippen LogP contribution >= 0.6 is 15.9 Å². The Morgan fingerprint density at radius 3 is 2.26 bits per heavy atom. The lowest BCUT2D eigenvalue weighted by Gasteiger charge is -2.22. The summed E-state index contributed by atoms with van der Waals surface area (Å²) in [4.78, 5) is 24.3. The molecule has 0 aliphatic carbocycles.